The van der Waals surface area contributed by atoms with Gasteiger partial charge in [-0.05, 0) is 13.0 Å². The van der Waals surface area contributed by atoms with Crippen LogP contribution in [0.2, 0.25) is 0 Å². The van der Waals surface area contributed by atoms with Crippen molar-refractivity contribution in [2.75, 3.05) is 0 Å². The molecule has 3 aromatic rings. The number of para-hydroxylation sites is 1. The van der Waals surface area contributed by atoms with Crippen LogP contribution in [0.5, 0.6) is 0 Å². The topological polar surface area (TPSA) is 28.7 Å². The quantitative estimate of drug-likeness (QED) is 0.577. The lowest BCUT2D eigenvalue weighted by atomic mass is 10.2. The maximum atomic E-state index is 4.41. The van der Waals surface area contributed by atoms with Crippen LogP contribution in [-0.4, -0.2) is 9.97 Å². The van der Waals surface area contributed by atoms with Crippen LogP contribution >= 0.6 is 11.3 Å². The lowest BCUT2D eigenvalue weighted by Gasteiger charge is -1.85. The molecule has 0 spiro atoms. The molecule has 0 saturated heterocycles. The van der Waals surface area contributed by atoms with E-state index < -0.39 is 0 Å². The molecule has 0 fully saturated rings. The van der Waals surface area contributed by atoms with Crippen LogP contribution in [-0.2, 0) is 0 Å². The van der Waals surface area contributed by atoms with Crippen molar-refractivity contribution in [3.8, 4) is 0 Å². The molecule has 1 aromatic carbocycles. The second-order valence-corrected chi connectivity index (χ2v) is 4.28. The smallest absolute Gasteiger partial charge is 0.149 e. The maximum absolute atomic E-state index is 4.41. The van der Waals surface area contributed by atoms with Crippen LogP contribution in [0.1, 0.15) is 5.01 Å². The minimum Gasteiger partial charge on any atom is -0.338 e. The number of nitrogens with zero attached hydrogens (tertiary/aromatic N) is 1. The summed E-state index contributed by atoms with van der Waals surface area (Å²) in [6.45, 7) is 2.04. The average molecular weight is 188 g/mol. The third kappa shape index (κ3) is 0.906. The van der Waals surface area contributed by atoms with Gasteiger partial charge in [-0.25, -0.2) is 4.98 Å². The molecule has 0 unspecified atom stereocenters. The lowest BCUT2D eigenvalue weighted by Crippen LogP contribution is -1.68. The molecule has 2 aromatic heterocycles. The molecular weight excluding hydrogens is 180 g/mol. The SMILES string of the molecule is Cc1nc2[nH]c3ccccc3c2s1. The third-order valence-corrected chi connectivity index (χ3v) is 3.16. The third-order valence-electron chi connectivity index (χ3n) is 2.16. The first-order chi connectivity index (χ1) is 6.34. The van der Waals surface area contributed by atoms with E-state index in [9.17, 15) is 0 Å². The molecule has 0 amide bonds. The molecule has 64 valence electrons. The summed E-state index contributed by atoms with van der Waals surface area (Å²) in [7, 11) is 0. The van der Waals surface area contributed by atoms with Gasteiger partial charge in [0.2, 0.25) is 0 Å². The summed E-state index contributed by atoms with van der Waals surface area (Å²) in [4.78, 5) is 7.71. The standard InChI is InChI=1S/C10H8N2S/c1-6-11-10-9(13-6)7-4-2-3-5-8(7)12-10/h2-5,12H,1H3. The normalized spacial score (nSPS) is 11.5. The summed E-state index contributed by atoms with van der Waals surface area (Å²) < 4.78 is 1.27. The molecule has 0 atom stereocenters. The number of aromatic nitrogens is 2. The van der Waals surface area contributed by atoms with Gasteiger partial charge >= 0.3 is 0 Å². The van der Waals surface area contributed by atoms with Crippen LogP contribution in [0.25, 0.3) is 21.3 Å². The van der Waals surface area contributed by atoms with Gasteiger partial charge in [0.15, 0.2) is 0 Å². The number of H-pyrrole nitrogens is 1. The van der Waals surface area contributed by atoms with Crippen molar-refractivity contribution in [3.63, 3.8) is 0 Å². The highest BCUT2D eigenvalue weighted by Gasteiger charge is 2.06. The lowest BCUT2D eigenvalue weighted by molar-refractivity contribution is 1.30. The van der Waals surface area contributed by atoms with Crippen LogP contribution in [0, 0.1) is 6.92 Å². The van der Waals surface area contributed by atoms with E-state index in [1.807, 2.05) is 13.0 Å². The summed E-state index contributed by atoms with van der Waals surface area (Å²) >= 11 is 1.75. The monoisotopic (exact) mass is 188 g/mol. The molecule has 0 aliphatic carbocycles. The molecule has 2 nitrogen and oxygen atoms in total. The predicted molar refractivity (Wildman–Crippen MR) is 56.2 cm³/mol. The van der Waals surface area contributed by atoms with Crippen LogP contribution in [0.4, 0.5) is 0 Å². The van der Waals surface area contributed by atoms with Gasteiger partial charge in [-0.3, -0.25) is 0 Å². The van der Waals surface area contributed by atoms with Crippen molar-refractivity contribution in [1.82, 2.24) is 9.97 Å². The zero-order valence-corrected chi connectivity index (χ0v) is 7.98. The van der Waals surface area contributed by atoms with Gasteiger partial charge in [0.25, 0.3) is 0 Å². The van der Waals surface area contributed by atoms with Crippen molar-refractivity contribution in [1.29, 1.82) is 0 Å². The van der Waals surface area contributed by atoms with E-state index in [1.165, 1.54) is 15.6 Å². The first kappa shape index (κ1) is 7.09. The Bertz CT molecular complexity index is 577. The largest absolute Gasteiger partial charge is 0.338 e. The first-order valence-electron chi connectivity index (χ1n) is 4.18. The minimum absolute atomic E-state index is 1.02. The summed E-state index contributed by atoms with van der Waals surface area (Å²) in [5.74, 6) is 0. The Morgan fingerprint density at radius 1 is 1.31 bits per heavy atom. The molecule has 13 heavy (non-hydrogen) atoms. The first-order valence-corrected chi connectivity index (χ1v) is 5.00. The summed E-state index contributed by atoms with van der Waals surface area (Å²) in [5, 5.41) is 2.40. The fourth-order valence-electron chi connectivity index (χ4n) is 1.61. The van der Waals surface area contributed by atoms with Gasteiger partial charge in [-0.15, -0.1) is 11.3 Å². The van der Waals surface area contributed by atoms with Gasteiger partial charge in [0.05, 0.1) is 9.71 Å². The Morgan fingerprint density at radius 2 is 2.15 bits per heavy atom. The number of nitrogens with one attached hydrogen (secondary N) is 1. The second-order valence-electron chi connectivity index (χ2n) is 3.08. The Morgan fingerprint density at radius 3 is 3.08 bits per heavy atom. The van der Waals surface area contributed by atoms with E-state index in [-0.39, 0.29) is 0 Å². The highest BCUT2D eigenvalue weighted by molar-refractivity contribution is 7.19. The van der Waals surface area contributed by atoms with Crippen molar-refractivity contribution >= 4 is 32.6 Å². The van der Waals surface area contributed by atoms with Crippen LogP contribution in [0.15, 0.2) is 24.3 Å². The molecule has 0 radical (unpaired) electrons. The molecule has 0 aliphatic rings. The zero-order chi connectivity index (χ0) is 8.84. The number of benzene rings is 1. The second kappa shape index (κ2) is 2.33. The van der Waals surface area contributed by atoms with Crippen molar-refractivity contribution < 1.29 is 0 Å². The molecule has 2 heterocycles. The fraction of sp³-hybridized carbons (Fsp3) is 0.100. The van der Waals surface area contributed by atoms with Crippen molar-refractivity contribution in [3.05, 3.63) is 29.3 Å². The van der Waals surface area contributed by atoms with Crippen LogP contribution < -0.4 is 0 Å². The predicted octanol–water partition coefficient (Wildman–Crippen LogP) is 3.09. The number of aryl methyl sites for hydroxylation is 1. The van der Waals surface area contributed by atoms with E-state index in [0.717, 1.165) is 10.7 Å². The average Bonchev–Trinajstić information content (AvgIpc) is 2.60. The highest BCUT2D eigenvalue weighted by atomic mass is 32.1. The van der Waals surface area contributed by atoms with Crippen molar-refractivity contribution in [2.45, 2.75) is 6.92 Å². The molecule has 0 bridgehead atoms. The van der Waals surface area contributed by atoms with E-state index in [0.29, 0.717) is 0 Å². The highest BCUT2D eigenvalue weighted by Crippen LogP contribution is 2.29. The van der Waals surface area contributed by atoms with Gasteiger partial charge in [-0.1, -0.05) is 18.2 Å². The van der Waals surface area contributed by atoms with E-state index in [1.54, 1.807) is 11.3 Å². The molecule has 0 aliphatic heterocycles. The summed E-state index contributed by atoms with van der Waals surface area (Å²) in [5.41, 5.74) is 2.19. The Balaban J connectivity index is 2.60. The Labute approximate surface area is 79.2 Å². The van der Waals surface area contributed by atoms with Crippen molar-refractivity contribution in [2.24, 2.45) is 0 Å². The van der Waals surface area contributed by atoms with E-state index >= 15 is 0 Å². The fourth-order valence-corrected chi connectivity index (χ4v) is 2.53. The number of fused-ring (bicyclic) bond motifs is 3. The van der Waals surface area contributed by atoms with Gasteiger partial charge in [0.1, 0.15) is 5.65 Å². The molecule has 3 rings (SSSR count). The molecule has 1 N–H and O–H groups in total. The summed E-state index contributed by atoms with van der Waals surface area (Å²) in [6, 6.07) is 8.31. The molecule has 3 heteroatoms. The van der Waals surface area contributed by atoms with Crippen LogP contribution in [0.3, 0.4) is 0 Å². The maximum Gasteiger partial charge on any atom is 0.149 e. The Hall–Kier alpha value is -1.35. The number of rotatable bonds is 0. The zero-order valence-electron chi connectivity index (χ0n) is 7.16. The van der Waals surface area contributed by atoms with Gasteiger partial charge in [-0.2, -0.15) is 0 Å². The van der Waals surface area contributed by atoms with Gasteiger partial charge in [0, 0.05) is 10.9 Å². The number of thiazole rings is 1. The number of hydrogen-bond acceptors (Lipinski definition) is 2. The molecular formula is C10H8N2S. The minimum atomic E-state index is 1.02. The Kier molecular flexibility index (Phi) is 1.27. The number of hydrogen-bond donors (Lipinski definition) is 1. The summed E-state index contributed by atoms with van der Waals surface area (Å²) in [6.07, 6.45) is 0. The van der Waals surface area contributed by atoms with E-state index in [2.05, 4.69) is 28.2 Å². The molecule has 0 saturated carbocycles. The van der Waals surface area contributed by atoms with Gasteiger partial charge < -0.3 is 4.98 Å². The van der Waals surface area contributed by atoms with E-state index in [4.69, 9.17) is 0 Å². The number of aromatic amines is 1.